The summed E-state index contributed by atoms with van der Waals surface area (Å²) in [5.41, 5.74) is 10.5. The number of fused-ring (bicyclic) bond motifs is 1. The zero-order valence-electron chi connectivity index (χ0n) is 18.0. The smallest absolute Gasteiger partial charge is 0.250 e. The van der Waals surface area contributed by atoms with Gasteiger partial charge >= 0.3 is 0 Å². The van der Waals surface area contributed by atoms with Crippen LogP contribution in [-0.2, 0) is 22.4 Å². The first-order valence-electron chi connectivity index (χ1n) is 11.2. The maximum Gasteiger partial charge on any atom is 0.250 e. The van der Waals surface area contributed by atoms with Gasteiger partial charge in [0, 0.05) is 12.0 Å². The molecule has 1 saturated heterocycles. The lowest BCUT2D eigenvalue weighted by Crippen LogP contribution is -2.27. The number of nitrogens with zero attached hydrogens (tertiary/aromatic N) is 2. The van der Waals surface area contributed by atoms with Gasteiger partial charge in [0.2, 0.25) is 0 Å². The lowest BCUT2D eigenvalue weighted by molar-refractivity contribution is -0.126. The Kier molecular flexibility index (Phi) is 4.38. The average molecular weight is 445 g/mol. The number of primary amides is 1. The third kappa shape index (κ3) is 2.99. The summed E-state index contributed by atoms with van der Waals surface area (Å²) in [6.07, 6.45) is 6.92. The second kappa shape index (κ2) is 7.10. The molecule has 1 spiro atoms. The van der Waals surface area contributed by atoms with Gasteiger partial charge in [-0.1, -0.05) is 24.3 Å². The van der Waals surface area contributed by atoms with Crippen molar-refractivity contribution in [3.63, 3.8) is 0 Å². The van der Waals surface area contributed by atoms with Crippen LogP contribution in [-0.4, -0.2) is 32.0 Å². The van der Waals surface area contributed by atoms with Crippen LogP contribution in [0.2, 0.25) is 0 Å². The Labute approximate surface area is 190 Å². The van der Waals surface area contributed by atoms with Gasteiger partial charge < -0.3 is 15.6 Å². The number of epoxide rings is 1. The molecule has 3 aromatic rings. The van der Waals surface area contributed by atoms with E-state index >= 15 is 0 Å². The van der Waals surface area contributed by atoms with Crippen molar-refractivity contribution in [1.82, 2.24) is 9.78 Å². The summed E-state index contributed by atoms with van der Waals surface area (Å²) >= 11 is 0. The molecule has 6 rings (SSSR count). The van der Waals surface area contributed by atoms with Crippen molar-refractivity contribution in [2.24, 2.45) is 5.73 Å². The Hall–Kier alpha value is -3.29. The van der Waals surface area contributed by atoms with E-state index in [1.54, 1.807) is 24.3 Å². The Morgan fingerprint density at radius 2 is 2.03 bits per heavy atom. The standard InChI is InChI=1S/C26H24FN3O3/c27-19-5-7-20(8-6-19)30-22-13-18-10-12-25(26(18,33-25)14-17(22)15-29-30)11-9-16-3-1-2-4-21(16)23(31)24(28)32/h1-8,13,15,23,31H,9-12,14H2,(H2,28,32). The second-order valence-electron chi connectivity index (χ2n) is 9.22. The fraction of sp³-hybridized carbons (Fsp3) is 0.308. The fourth-order valence-corrected chi connectivity index (χ4v) is 5.76. The lowest BCUT2D eigenvalue weighted by Gasteiger charge is -2.20. The fourth-order valence-electron chi connectivity index (χ4n) is 5.76. The number of aromatic nitrogens is 2. The first-order valence-corrected chi connectivity index (χ1v) is 11.2. The molecule has 3 aliphatic rings. The molecule has 6 nitrogen and oxygen atoms in total. The second-order valence-corrected chi connectivity index (χ2v) is 9.22. The van der Waals surface area contributed by atoms with E-state index in [0.717, 1.165) is 48.2 Å². The van der Waals surface area contributed by atoms with Crippen LogP contribution in [0.1, 0.15) is 47.8 Å². The van der Waals surface area contributed by atoms with Crippen molar-refractivity contribution in [3.05, 3.63) is 88.5 Å². The minimum Gasteiger partial charge on any atom is -0.378 e. The molecule has 0 bridgehead atoms. The van der Waals surface area contributed by atoms with E-state index < -0.39 is 12.0 Å². The van der Waals surface area contributed by atoms with Gasteiger partial charge in [-0.2, -0.15) is 5.10 Å². The number of benzene rings is 2. The maximum atomic E-state index is 13.4. The SMILES string of the molecule is NC(=O)C(O)c1ccccc1CCC12CCC3=Cc4c(cnn4-c4ccc(F)cc4)CC31O2. The Balaban J connectivity index is 1.25. The third-order valence-electron chi connectivity index (χ3n) is 7.51. The molecule has 2 fully saturated rings. The maximum absolute atomic E-state index is 13.4. The lowest BCUT2D eigenvalue weighted by atomic mass is 9.80. The van der Waals surface area contributed by atoms with E-state index in [0.29, 0.717) is 12.0 Å². The van der Waals surface area contributed by atoms with Crippen LogP contribution in [0.25, 0.3) is 11.8 Å². The zero-order valence-corrected chi connectivity index (χ0v) is 18.0. The highest BCUT2D eigenvalue weighted by Gasteiger charge is 2.74. The molecule has 3 unspecified atom stereocenters. The Bertz CT molecular complexity index is 1300. The van der Waals surface area contributed by atoms with Crippen LogP contribution in [0, 0.1) is 5.82 Å². The largest absolute Gasteiger partial charge is 0.378 e. The summed E-state index contributed by atoms with van der Waals surface area (Å²) in [5, 5.41) is 14.8. The van der Waals surface area contributed by atoms with E-state index in [2.05, 4.69) is 11.2 Å². The molecule has 1 aromatic heterocycles. The molecule has 7 heteroatoms. The summed E-state index contributed by atoms with van der Waals surface area (Å²) in [6, 6.07) is 13.7. The number of aryl methyl sites for hydroxylation is 1. The number of hydrogen-bond acceptors (Lipinski definition) is 4. The summed E-state index contributed by atoms with van der Waals surface area (Å²) in [5.74, 6) is -1.02. The van der Waals surface area contributed by atoms with Crippen LogP contribution >= 0.6 is 0 Å². The molecule has 3 N–H and O–H groups in total. The molecule has 1 amide bonds. The average Bonchev–Trinajstić information content (AvgIpc) is 3.09. The van der Waals surface area contributed by atoms with E-state index in [9.17, 15) is 14.3 Å². The summed E-state index contributed by atoms with van der Waals surface area (Å²) in [6.45, 7) is 0. The molecule has 0 radical (unpaired) electrons. The van der Waals surface area contributed by atoms with Crippen molar-refractivity contribution < 1.29 is 19.0 Å². The van der Waals surface area contributed by atoms with Crippen molar-refractivity contribution in [2.45, 2.75) is 49.4 Å². The molecule has 168 valence electrons. The third-order valence-corrected chi connectivity index (χ3v) is 7.51. The number of ether oxygens (including phenoxy) is 1. The van der Waals surface area contributed by atoms with Gasteiger partial charge in [-0.05, 0) is 72.7 Å². The van der Waals surface area contributed by atoms with Crippen molar-refractivity contribution in [1.29, 1.82) is 0 Å². The molecular weight excluding hydrogens is 421 g/mol. The Morgan fingerprint density at radius 3 is 2.82 bits per heavy atom. The summed E-state index contributed by atoms with van der Waals surface area (Å²) in [4.78, 5) is 11.5. The van der Waals surface area contributed by atoms with Gasteiger partial charge in [-0.25, -0.2) is 9.07 Å². The molecule has 1 saturated carbocycles. The molecule has 3 atom stereocenters. The van der Waals surface area contributed by atoms with Crippen molar-refractivity contribution in [2.75, 3.05) is 0 Å². The van der Waals surface area contributed by atoms with Gasteiger partial charge in [0.15, 0.2) is 6.10 Å². The first-order chi connectivity index (χ1) is 15.9. The Morgan fingerprint density at radius 1 is 1.24 bits per heavy atom. The number of aliphatic hydroxyl groups is 1. The van der Waals surface area contributed by atoms with Gasteiger partial charge in [0.1, 0.15) is 17.0 Å². The number of rotatable bonds is 6. The highest BCUT2D eigenvalue weighted by atomic mass is 19.1. The highest BCUT2D eigenvalue weighted by molar-refractivity contribution is 5.80. The minimum atomic E-state index is -1.30. The van der Waals surface area contributed by atoms with Crippen LogP contribution in [0.3, 0.4) is 0 Å². The van der Waals surface area contributed by atoms with Crippen LogP contribution in [0.4, 0.5) is 4.39 Å². The monoisotopic (exact) mass is 445 g/mol. The number of carbonyl (C=O) groups is 1. The summed E-state index contributed by atoms with van der Waals surface area (Å²) < 4.78 is 21.7. The number of aliphatic hydroxyl groups excluding tert-OH is 1. The van der Waals surface area contributed by atoms with Gasteiger partial charge in [-0.15, -0.1) is 0 Å². The number of nitrogens with two attached hydrogens (primary N) is 1. The quantitative estimate of drug-likeness (QED) is 0.569. The highest BCUT2D eigenvalue weighted by Crippen LogP contribution is 2.67. The molecule has 33 heavy (non-hydrogen) atoms. The van der Waals surface area contributed by atoms with E-state index in [1.807, 2.05) is 23.0 Å². The van der Waals surface area contributed by atoms with E-state index in [1.165, 1.54) is 17.7 Å². The molecule has 2 heterocycles. The molecule has 2 aliphatic carbocycles. The molecule has 2 aromatic carbocycles. The van der Waals surface area contributed by atoms with Crippen LogP contribution < -0.4 is 5.73 Å². The minimum absolute atomic E-state index is 0.237. The molecule has 1 aliphatic heterocycles. The number of hydrogen-bond donors (Lipinski definition) is 2. The zero-order chi connectivity index (χ0) is 22.8. The van der Waals surface area contributed by atoms with E-state index in [-0.39, 0.29) is 17.0 Å². The van der Waals surface area contributed by atoms with Gasteiger partial charge in [-0.3, -0.25) is 4.79 Å². The number of carbonyl (C=O) groups excluding carboxylic acids is 1. The van der Waals surface area contributed by atoms with Gasteiger partial charge in [0.05, 0.1) is 17.6 Å². The van der Waals surface area contributed by atoms with Crippen LogP contribution in [0.15, 0.2) is 60.3 Å². The normalized spacial score (nSPS) is 25.6. The topological polar surface area (TPSA) is 93.7 Å². The van der Waals surface area contributed by atoms with Crippen molar-refractivity contribution in [3.8, 4) is 5.69 Å². The predicted octanol–water partition coefficient (Wildman–Crippen LogP) is 3.40. The summed E-state index contributed by atoms with van der Waals surface area (Å²) in [7, 11) is 0. The van der Waals surface area contributed by atoms with Gasteiger partial charge in [0.25, 0.3) is 5.91 Å². The number of halogens is 1. The molecular formula is C26H24FN3O3. The van der Waals surface area contributed by atoms with Crippen molar-refractivity contribution >= 4 is 12.0 Å². The predicted molar refractivity (Wildman–Crippen MR) is 120 cm³/mol. The number of amides is 1. The first kappa shape index (κ1) is 20.3. The van der Waals surface area contributed by atoms with Crippen LogP contribution in [0.5, 0.6) is 0 Å². The van der Waals surface area contributed by atoms with E-state index in [4.69, 9.17) is 10.5 Å².